The molecular formula is C44H76O3. The Balaban J connectivity index is 0.000000675. The van der Waals surface area contributed by atoms with Crippen LogP contribution in [-0.2, 0) is 0 Å². The molecule has 3 heteroatoms. The van der Waals surface area contributed by atoms with E-state index in [-0.39, 0.29) is 12.0 Å². The van der Waals surface area contributed by atoms with E-state index in [1.165, 1.54) is 40.7 Å². The number of hydrogen-bond acceptors (Lipinski definition) is 3. The molecule has 0 aromatic heterocycles. The Morgan fingerprint density at radius 2 is 1.30 bits per heavy atom. The van der Waals surface area contributed by atoms with Crippen LogP contribution in [0.15, 0.2) is 83.1 Å². The molecule has 0 spiro atoms. The fourth-order valence-corrected chi connectivity index (χ4v) is 6.69. The molecule has 2 aliphatic carbocycles. The zero-order valence-corrected chi connectivity index (χ0v) is 32.7. The zero-order chi connectivity index (χ0) is 36.1. The molecule has 0 radical (unpaired) electrons. The van der Waals surface area contributed by atoms with Gasteiger partial charge in [0.05, 0.1) is 17.8 Å². The van der Waals surface area contributed by atoms with Crippen molar-refractivity contribution in [2.75, 3.05) is 6.61 Å². The Morgan fingerprint density at radius 1 is 0.809 bits per heavy atom. The van der Waals surface area contributed by atoms with Gasteiger partial charge >= 0.3 is 0 Å². The highest BCUT2D eigenvalue weighted by Gasteiger charge is 2.56. The van der Waals surface area contributed by atoms with Crippen LogP contribution in [-0.4, -0.2) is 33.1 Å². The van der Waals surface area contributed by atoms with Crippen molar-refractivity contribution < 1.29 is 15.3 Å². The van der Waals surface area contributed by atoms with Gasteiger partial charge in [-0.2, -0.15) is 0 Å². The van der Waals surface area contributed by atoms with E-state index >= 15 is 0 Å². The first-order valence-corrected chi connectivity index (χ1v) is 18.5. The van der Waals surface area contributed by atoms with E-state index in [1.54, 1.807) is 13.0 Å². The minimum absolute atomic E-state index is 0.134. The smallest absolute Gasteiger partial charge is 0.0800 e. The van der Waals surface area contributed by atoms with E-state index in [0.717, 1.165) is 70.6 Å². The SMILES string of the molecule is C=CC(C)(O)CC/C=C(\C)CCC=C(C)C.CC(C)=CCC/C(C)=C/CC/C(C)=C/CO.CC(C)[C@H]1CC[C@]2(C)CC=CCC[C@]12O. The highest BCUT2D eigenvalue weighted by atomic mass is 16.3. The van der Waals surface area contributed by atoms with Crippen molar-refractivity contribution in [3.8, 4) is 0 Å². The van der Waals surface area contributed by atoms with Crippen molar-refractivity contribution in [1.82, 2.24) is 0 Å². The molecule has 0 amide bonds. The Kier molecular flexibility index (Phi) is 22.5. The van der Waals surface area contributed by atoms with Gasteiger partial charge in [-0.05, 0) is 151 Å². The highest BCUT2D eigenvalue weighted by molar-refractivity contribution is 5.12. The van der Waals surface area contributed by atoms with E-state index in [9.17, 15) is 10.2 Å². The van der Waals surface area contributed by atoms with Crippen molar-refractivity contribution in [2.45, 2.75) is 171 Å². The summed E-state index contributed by atoms with van der Waals surface area (Å²) < 4.78 is 0. The molecule has 1 unspecified atom stereocenters. The largest absolute Gasteiger partial charge is 0.392 e. The normalized spacial score (nSPS) is 24.1. The highest BCUT2D eigenvalue weighted by Crippen LogP contribution is 2.57. The zero-order valence-electron chi connectivity index (χ0n) is 32.7. The molecule has 47 heavy (non-hydrogen) atoms. The quantitative estimate of drug-likeness (QED) is 0.154. The van der Waals surface area contributed by atoms with Gasteiger partial charge < -0.3 is 15.3 Å². The van der Waals surface area contributed by atoms with Crippen LogP contribution in [0.3, 0.4) is 0 Å². The number of aliphatic hydroxyl groups is 3. The summed E-state index contributed by atoms with van der Waals surface area (Å²) in [6.45, 7) is 27.3. The lowest BCUT2D eigenvalue weighted by Crippen LogP contribution is -2.47. The maximum absolute atomic E-state index is 11.0. The topological polar surface area (TPSA) is 60.7 Å². The summed E-state index contributed by atoms with van der Waals surface area (Å²) in [7, 11) is 0. The molecule has 3 nitrogen and oxygen atoms in total. The summed E-state index contributed by atoms with van der Waals surface area (Å²) >= 11 is 0. The second-order valence-corrected chi connectivity index (χ2v) is 15.7. The monoisotopic (exact) mass is 653 g/mol. The Morgan fingerprint density at radius 3 is 1.77 bits per heavy atom. The summed E-state index contributed by atoms with van der Waals surface area (Å²) in [5, 5.41) is 29.5. The molecular weight excluding hydrogens is 576 g/mol. The lowest BCUT2D eigenvalue weighted by molar-refractivity contribution is -0.0973. The molecule has 2 aliphatic rings. The number of fused-ring (bicyclic) bond motifs is 1. The van der Waals surface area contributed by atoms with Crippen molar-refractivity contribution >= 4 is 0 Å². The van der Waals surface area contributed by atoms with Crippen molar-refractivity contribution in [2.24, 2.45) is 17.3 Å². The van der Waals surface area contributed by atoms with E-state index in [0.29, 0.717) is 11.8 Å². The van der Waals surface area contributed by atoms with Crippen LogP contribution in [0, 0.1) is 17.3 Å². The van der Waals surface area contributed by atoms with Crippen LogP contribution >= 0.6 is 0 Å². The number of hydrogen-bond donors (Lipinski definition) is 3. The summed E-state index contributed by atoms with van der Waals surface area (Å²) in [4.78, 5) is 0. The lowest BCUT2D eigenvalue weighted by Gasteiger charge is -2.43. The van der Waals surface area contributed by atoms with Gasteiger partial charge in [-0.15, -0.1) is 6.58 Å². The third-order valence-corrected chi connectivity index (χ3v) is 10.1. The van der Waals surface area contributed by atoms with Crippen LogP contribution < -0.4 is 0 Å². The number of rotatable bonds is 15. The van der Waals surface area contributed by atoms with E-state index in [1.807, 2.05) is 6.08 Å². The maximum Gasteiger partial charge on any atom is 0.0800 e. The molecule has 0 saturated heterocycles. The second-order valence-electron chi connectivity index (χ2n) is 15.7. The fourth-order valence-electron chi connectivity index (χ4n) is 6.69. The average molecular weight is 653 g/mol. The summed E-state index contributed by atoms with van der Waals surface area (Å²) in [5.74, 6) is 1.11. The van der Waals surface area contributed by atoms with Crippen molar-refractivity contribution in [3.05, 3.63) is 83.1 Å². The van der Waals surface area contributed by atoms with Gasteiger partial charge in [0.25, 0.3) is 0 Å². The van der Waals surface area contributed by atoms with Crippen LogP contribution in [0.5, 0.6) is 0 Å². The molecule has 2 rings (SSSR count). The summed E-state index contributed by atoms with van der Waals surface area (Å²) in [6.07, 6.45) is 30.9. The van der Waals surface area contributed by atoms with Gasteiger partial charge in [-0.3, -0.25) is 0 Å². The van der Waals surface area contributed by atoms with Crippen molar-refractivity contribution in [3.63, 3.8) is 0 Å². The average Bonchev–Trinajstić information content (AvgIpc) is 3.13. The standard InChI is InChI=1S/2C15H26O.C14H24O/c1-13(2)7-5-8-14(3)9-6-10-15(4)11-12-16;1-6-15(5,16)12-8-11-14(4)10-7-9-13(2)3;1-11(2)12-7-10-13(3)8-5-4-6-9-14(12,13)15/h7,9,11,16H,5-6,8,10,12H2,1-4H3;6,9,11,16H,1,7-8,10,12H2,2-5H3;4-5,11-12,15H,6-10H2,1-3H3/b14-9+,15-11+;14-11+;/t;;12-,13+,14+/m..1/s1. The first-order valence-electron chi connectivity index (χ1n) is 18.5. The van der Waals surface area contributed by atoms with Crippen LogP contribution in [0.2, 0.25) is 0 Å². The summed E-state index contributed by atoms with van der Waals surface area (Å²) in [5.41, 5.74) is 5.91. The van der Waals surface area contributed by atoms with E-state index < -0.39 is 11.2 Å². The third kappa shape index (κ3) is 19.0. The van der Waals surface area contributed by atoms with Gasteiger partial charge in [-0.1, -0.05) is 97.2 Å². The minimum Gasteiger partial charge on any atom is -0.392 e. The van der Waals surface area contributed by atoms with Crippen molar-refractivity contribution in [1.29, 1.82) is 0 Å². The van der Waals surface area contributed by atoms with Gasteiger partial charge in [0.15, 0.2) is 0 Å². The molecule has 0 aromatic rings. The van der Waals surface area contributed by atoms with Crippen LogP contribution in [0.1, 0.15) is 160 Å². The number of aliphatic hydroxyl groups excluding tert-OH is 1. The van der Waals surface area contributed by atoms with Crippen LogP contribution in [0.4, 0.5) is 0 Å². The molecule has 3 N–H and O–H groups in total. The predicted molar refractivity (Wildman–Crippen MR) is 209 cm³/mol. The number of allylic oxidation sites excluding steroid dienone is 11. The van der Waals surface area contributed by atoms with Crippen LogP contribution in [0.25, 0.3) is 0 Å². The van der Waals surface area contributed by atoms with E-state index in [2.05, 4.69) is 112 Å². The third-order valence-electron chi connectivity index (χ3n) is 10.1. The first-order chi connectivity index (χ1) is 21.9. The molecule has 270 valence electrons. The van der Waals surface area contributed by atoms with Gasteiger partial charge in [0, 0.05) is 5.41 Å². The molecule has 4 atom stereocenters. The predicted octanol–water partition coefficient (Wildman–Crippen LogP) is 12.3. The Bertz CT molecular complexity index is 1070. The molecule has 1 saturated carbocycles. The molecule has 0 bridgehead atoms. The Hall–Kier alpha value is -1.94. The lowest BCUT2D eigenvalue weighted by atomic mass is 9.67. The molecule has 0 aromatic carbocycles. The maximum atomic E-state index is 11.0. The molecule has 0 heterocycles. The van der Waals surface area contributed by atoms with Gasteiger partial charge in [-0.25, -0.2) is 0 Å². The fraction of sp³-hybridized carbons (Fsp3) is 0.682. The first kappa shape index (κ1) is 45.1. The molecule has 0 aliphatic heterocycles. The summed E-state index contributed by atoms with van der Waals surface area (Å²) in [6, 6.07) is 0. The van der Waals surface area contributed by atoms with Gasteiger partial charge in [0.2, 0.25) is 0 Å². The van der Waals surface area contributed by atoms with Gasteiger partial charge in [0.1, 0.15) is 0 Å². The minimum atomic E-state index is -0.726. The molecule has 1 fully saturated rings. The second kappa shape index (κ2) is 23.4. The van der Waals surface area contributed by atoms with E-state index in [4.69, 9.17) is 5.11 Å². The Labute approximate surface area is 292 Å².